The normalized spacial score (nSPS) is 21.4. The van der Waals surface area contributed by atoms with Crippen LogP contribution in [0.4, 0.5) is 13.6 Å². The number of rotatable bonds is 3. The predicted molar refractivity (Wildman–Crippen MR) is 70.6 cm³/mol. The lowest BCUT2D eigenvalue weighted by molar-refractivity contribution is -0.147. The van der Waals surface area contributed by atoms with Crippen LogP contribution >= 0.6 is 0 Å². The number of halogens is 2. The van der Waals surface area contributed by atoms with Crippen molar-refractivity contribution in [2.45, 2.75) is 31.8 Å². The minimum absolute atomic E-state index is 0.128. The van der Waals surface area contributed by atoms with Gasteiger partial charge in [-0.2, -0.15) is 0 Å². The molecule has 1 aromatic rings. The molecule has 114 valence electrons. The Morgan fingerprint density at radius 2 is 2.14 bits per heavy atom. The van der Waals surface area contributed by atoms with Crippen molar-refractivity contribution in [2.75, 3.05) is 6.54 Å². The van der Waals surface area contributed by atoms with E-state index >= 15 is 0 Å². The zero-order chi connectivity index (χ0) is 15.6. The van der Waals surface area contributed by atoms with Gasteiger partial charge in [-0.15, -0.1) is 0 Å². The van der Waals surface area contributed by atoms with Crippen LogP contribution in [0.25, 0.3) is 0 Å². The number of aliphatic carboxylic acids is 1. The van der Waals surface area contributed by atoms with E-state index in [1.54, 1.807) is 0 Å². The van der Waals surface area contributed by atoms with Crippen LogP contribution in [0.15, 0.2) is 18.2 Å². The molecule has 2 rings (SSSR count). The summed E-state index contributed by atoms with van der Waals surface area (Å²) in [6, 6.07) is 2.51. The van der Waals surface area contributed by atoms with E-state index in [0.29, 0.717) is 19.4 Å². The van der Waals surface area contributed by atoms with E-state index in [4.69, 9.17) is 0 Å². The highest BCUT2D eigenvalue weighted by Crippen LogP contribution is 2.29. The van der Waals surface area contributed by atoms with Crippen LogP contribution in [0.1, 0.15) is 25.3 Å². The third-order valence-corrected chi connectivity index (χ3v) is 3.79. The molecule has 7 heteroatoms. The third kappa shape index (κ3) is 2.96. The number of nitrogens with zero attached hydrogens (tertiary/aromatic N) is 1. The molecule has 0 aromatic heterocycles. The molecule has 1 aliphatic heterocycles. The van der Waals surface area contributed by atoms with E-state index in [0.717, 1.165) is 12.1 Å². The maximum Gasteiger partial charge on any atom is 0.329 e. The van der Waals surface area contributed by atoms with Crippen molar-refractivity contribution in [2.24, 2.45) is 0 Å². The molecule has 5 nitrogen and oxygen atoms in total. The molecule has 1 fully saturated rings. The standard InChI is InChI=1S/C14H16F2N2O3/c1-14(12(19)20)5-2-6-18(14)13(21)17-8-9-3-4-10(15)7-11(9)16/h3-4,7H,2,5-6,8H2,1H3,(H,17,21)(H,19,20). The first-order chi connectivity index (χ1) is 9.84. The number of urea groups is 1. The zero-order valence-electron chi connectivity index (χ0n) is 11.5. The molecule has 0 radical (unpaired) electrons. The van der Waals surface area contributed by atoms with Crippen LogP contribution in [0.5, 0.6) is 0 Å². The Balaban J connectivity index is 2.03. The van der Waals surface area contributed by atoms with Gasteiger partial charge >= 0.3 is 12.0 Å². The van der Waals surface area contributed by atoms with Crippen molar-refractivity contribution in [1.82, 2.24) is 10.2 Å². The highest BCUT2D eigenvalue weighted by atomic mass is 19.1. The van der Waals surface area contributed by atoms with Gasteiger partial charge in [0.15, 0.2) is 0 Å². The predicted octanol–water partition coefficient (Wildman–Crippen LogP) is 2.11. The van der Waals surface area contributed by atoms with Gasteiger partial charge < -0.3 is 15.3 Å². The molecule has 1 aromatic carbocycles. The van der Waals surface area contributed by atoms with E-state index in [2.05, 4.69) is 5.32 Å². The summed E-state index contributed by atoms with van der Waals surface area (Å²) in [5.74, 6) is -2.51. The average Bonchev–Trinajstić information content (AvgIpc) is 2.81. The lowest BCUT2D eigenvalue weighted by Gasteiger charge is -2.31. The molecule has 1 unspecified atom stereocenters. The number of carbonyl (C=O) groups excluding carboxylic acids is 1. The topological polar surface area (TPSA) is 69.6 Å². The first kappa shape index (κ1) is 15.2. The van der Waals surface area contributed by atoms with Crippen molar-refractivity contribution < 1.29 is 23.5 Å². The summed E-state index contributed by atoms with van der Waals surface area (Å²) in [7, 11) is 0. The van der Waals surface area contributed by atoms with Crippen LogP contribution < -0.4 is 5.32 Å². The van der Waals surface area contributed by atoms with Gasteiger partial charge in [-0.3, -0.25) is 0 Å². The van der Waals surface area contributed by atoms with E-state index in [9.17, 15) is 23.5 Å². The molecule has 2 amide bonds. The summed E-state index contributed by atoms with van der Waals surface area (Å²) in [6.07, 6.45) is 0.974. The summed E-state index contributed by atoms with van der Waals surface area (Å²) >= 11 is 0. The number of benzene rings is 1. The number of nitrogens with one attached hydrogen (secondary N) is 1. The minimum atomic E-state index is -1.24. The summed E-state index contributed by atoms with van der Waals surface area (Å²) in [6.45, 7) is 1.69. The molecular formula is C14H16F2N2O3. The van der Waals surface area contributed by atoms with Gasteiger partial charge in [0, 0.05) is 24.7 Å². The maximum atomic E-state index is 13.5. The largest absolute Gasteiger partial charge is 0.480 e. The third-order valence-electron chi connectivity index (χ3n) is 3.79. The Morgan fingerprint density at radius 1 is 1.43 bits per heavy atom. The molecule has 21 heavy (non-hydrogen) atoms. The first-order valence-corrected chi connectivity index (χ1v) is 6.57. The van der Waals surface area contributed by atoms with Crippen molar-refractivity contribution in [3.05, 3.63) is 35.4 Å². The van der Waals surface area contributed by atoms with Crippen molar-refractivity contribution in [3.63, 3.8) is 0 Å². The fourth-order valence-electron chi connectivity index (χ4n) is 2.44. The number of carbonyl (C=O) groups is 2. The van der Waals surface area contributed by atoms with Gasteiger partial charge in [0.1, 0.15) is 17.2 Å². The van der Waals surface area contributed by atoms with Crippen molar-refractivity contribution in [1.29, 1.82) is 0 Å². The van der Waals surface area contributed by atoms with Crippen LogP contribution in [-0.4, -0.2) is 34.1 Å². The van der Waals surface area contributed by atoms with Gasteiger partial charge in [-0.25, -0.2) is 18.4 Å². The van der Waals surface area contributed by atoms with Gasteiger partial charge in [0.25, 0.3) is 0 Å². The minimum Gasteiger partial charge on any atom is -0.480 e. The van der Waals surface area contributed by atoms with Crippen molar-refractivity contribution >= 4 is 12.0 Å². The molecule has 1 saturated heterocycles. The number of likely N-dealkylation sites (tertiary alicyclic amines) is 1. The molecular weight excluding hydrogens is 282 g/mol. The second-order valence-electron chi connectivity index (χ2n) is 5.23. The number of hydrogen-bond acceptors (Lipinski definition) is 2. The van der Waals surface area contributed by atoms with Gasteiger partial charge in [-0.05, 0) is 25.8 Å². The monoisotopic (exact) mass is 298 g/mol. The molecule has 1 heterocycles. The molecule has 0 spiro atoms. The Hall–Kier alpha value is -2.18. The summed E-state index contributed by atoms with van der Waals surface area (Å²) in [5, 5.41) is 11.7. The van der Waals surface area contributed by atoms with Gasteiger partial charge in [-0.1, -0.05) is 6.07 Å². The SMILES string of the molecule is CC1(C(=O)O)CCCN1C(=O)NCc1ccc(F)cc1F. The highest BCUT2D eigenvalue weighted by molar-refractivity contribution is 5.86. The summed E-state index contributed by atoms with van der Waals surface area (Å²) < 4.78 is 26.2. The summed E-state index contributed by atoms with van der Waals surface area (Å²) in [4.78, 5) is 24.6. The number of amides is 2. The number of hydrogen-bond donors (Lipinski definition) is 2. The van der Waals surface area contributed by atoms with Crippen LogP contribution in [0.2, 0.25) is 0 Å². The summed E-state index contributed by atoms with van der Waals surface area (Å²) in [5.41, 5.74) is -1.10. The van der Waals surface area contributed by atoms with Crippen LogP contribution in [0.3, 0.4) is 0 Å². The fourth-order valence-corrected chi connectivity index (χ4v) is 2.44. The Bertz CT molecular complexity index is 579. The molecule has 0 saturated carbocycles. The highest BCUT2D eigenvalue weighted by Gasteiger charge is 2.45. The lowest BCUT2D eigenvalue weighted by atomic mass is 10.00. The van der Waals surface area contributed by atoms with Gasteiger partial charge in [0.05, 0.1) is 0 Å². The zero-order valence-corrected chi connectivity index (χ0v) is 11.5. The number of carboxylic acids is 1. The Morgan fingerprint density at radius 3 is 2.76 bits per heavy atom. The Kier molecular flexibility index (Phi) is 4.11. The number of carboxylic acid groups (broad SMARTS) is 1. The maximum absolute atomic E-state index is 13.5. The smallest absolute Gasteiger partial charge is 0.329 e. The molecule has 2 N–H and O–H groups in total. The molecule has 0 aliphatic carbocycles. The van der Waals surface area contributed by atoms with Crippen molar-refractivity contribution in [3.8, 4) is 0 Å². The second-order valence-corrected chi connectivity index (χ2v) is 5.23. The molecule has 1 atom stereocenters. The van der Waals surface area contributed by atoms with E-state index in [1.807, 2.05) is 0 Å². The molecule has 1 aliphatic rings. The van der Waals surface area contributed by atoms with E-state index < -0.39 is 29.2 Å². The van der Waals surface area contributed by atoms with Crippen LogP contribution in [0, 0.1) is 11.6 Å². The quantitative estimate of drug-likeness (QED) is 0.898. The first-order valence-electron chi connectivity index (χ1n) is 6.57. The molecule has 0 bridgehead atoms. The average molecular weight is 298 g/mol. The second kappa shape index (κ2) is 5.67. The van der Waals surface area contributed by atoms with Gasteiger partial charge in [0.2, 0.25) is 0 Å². The van der Waals surface area contributed by atoms with E-state index in [1.165, 1.54) is 17.9 Å². The van der Waals surface area contributed by atoms with E-state index in [-0.39, 0.29) is 12.1 Å². The fraction of sp³-hybridized carbons (Fsp3) is 0.429. The Labute approximate surface area is 120 Å². The van der Waals surface area contributed by atoms with Crippen LogP contribution in [-0.2, 0) is 11.3 Å². The lowest BCUT2D eigenvalue weighted by Crippen LogP contribution is -2.53.